The van der Waals surface area contributed by atoms with Gasteiger partial charge in [-0.3, -0.25) is 0 Å². The van der Waals surface area contributed by atoms with E-state index in [1.807, 2.05) is 0 Å². The number of aromatic nitrogens is 3. The molecule has 1 heterocycles. The van der Waals surface area contributed by atoms with Gasteiger partial charge in [0.05, 0.1) is 0 Å². The number of hydrogen-bond acceptors (Lipinski definition) is 4. The number of nitrogens with zero attached hydrogens (tertiary/aromatic N) is 3. The Hall–Kier alpha value is -0.910. The van der Waals surface area contributed by atoms with Crippen LogP contribution in [0.4, 0.5) is 0 Å². The highest BCUT2D eigenvalue weighted by Gasteiger charge is 2.21. The first kappa shape index (κ1) is 9.18. The van der Waals surface area contributed by atoms with Crippen molar-refractivity contribution in [1.82, 2.24) is 14.8 Å². The van der Waals surface area contributed by atoms with Crippen molar-refractivity contribution in [2.24, 2.45) is 7.05 Å². The van der Waals surface area contributed by atoms with Crippen LogP contribution in [0.5, 0.6) is 0 Å². The Labute approximate surface area is 71.3 Å². The molecule has 0 fully saturated rings. The molecular weight excluding hydrogens is 178 g/mol. The average molecular weight is 189 g/mol. The summed E-state index contributed by atoms with van der Waals surface area (Å²) in [4.78, 5) is 0. The Morgan fingerprint density at radius 1 is 1.58 bits per heavy atom. The molecule has 5 nitrogen and oxygen atoms in total. The second-order valence-corrected chi connectivity index (χ2v) is 5.14. The number of sulfone groups is 1. The Balaban J connectivity index is 3.09. The van der Waals surface area contributed by atoms with Gasteiger partial charge in [0.25, 0.3) is 0 Å². The molecule has 0 aliphatic carbocycles. The lowest BCUT2D eigenvalue weighted by Crippen LogP contribution is -2.12. The smallest absolute Gasteiger partial charge is 0.157 e. The predicted octanol–water partition coefficient (Wildman–Crippen LogP) is -0.0793. The third-order valence-corrected chi connectivity index (χ3v) is 3.25. The van der Waals surface area contributed by atoms with E-state index in [1.54, 1.807) is 18.5 Å². The van der Waals surface area contributed by atoms with E-state index < -0.39 is 15.1 Å². The molecule has 1 rings (SSSR count). The summed E-state index contributed by atoms with van der Waals surface area (Å²) >= 11 is 0. The highest BCUT2D eigenvalue weighted by molar-refractivity contribution is 7.90. The normalized spacial score (nSPS) is 14.6. The van der Waals surface area contributed by atoms with Crippen molar-refractivity contribution in [3.8, 4) is 0 Å². The molecule has 0 radical (unpaired) electrons. The topological polar surface area (TPSA) is 64.8 Å². The van der Waals surface area contributed by atoms with E-state index in [2.05, 4.69) is 10.2 Å². The third kappa shape index (κ3) is 1.63. The zero-order chi connectivity index (χ0) is 9.35. The Morgan fingerprint density at radius 2 is 2.17 bits per heavy atom. The molecule has 1 aromatic heterocycles. The molecule has 0 amide bonds. The summed E-state index contributed by atoms with van der Waals surface area (Å²) in [5, 5.41) is 6.73. The van der Waals surface area contributed by atoms with Gasteiger partial charge < -0.3 is 4.57 Å². The molecule has 0 saturated heterocycles. The number of aryl methyl sites for hydroxylation is 1. The van der Waals surface area contributed by atoms with Crippen LogP contribution in [-0.2, 0) is 16.9 Å². The van der Waals surface area contributed by atoms with Crippen LogP contribution >= 0.6 is 0 Å². The monoisotopic (exact) mass is 189 g/mol. The molecule has 0 spiro atoms. The molecule has 0 saturated carbocycles. The molecule has 1 unspecified atom stereocenters. The predicted molar refractivity (Wildman–Crippen MR) is 44.3 cm³/mol. The van der Waals surface area contributed by atoms with Crippen LogP contribution in [0.2, 0.25) is 0 Å². The molecule has 0 aliphatic heterocycles. The molecule has 0 N–H and O–H groups in total. The van der Waals surface area contributed by atoms with Crippen molar-refractivity contribution in [2.75, 3.05) is 6.26 Å². The van der Waals surface area contributed by atoms with Gasteiger partial charge in [-0.2, -0.15) is 0 Å². The van der Waals surface area contributed by atoms with E-state index in [0.717, 1.165) is 0 Å². The molecule has 6 heteroatoms. The Bertz CT molecular complexity index is 368. The van der Waals surface area contributed by atoms with Gasteiger partial charge in [-0.05, 0) is 6.92 Å². The first-order valence-corrected chi connectivity index (χ1v) is 5.41. The number of rotatable bonds is 2. The van der Waals surface area contributed by atoms with Crippen LogP contribution in [-0.4, -0.2) is 29.4 Å². The van der Waals surface area contributed by atoms with Crippen LogP contribution in [0.25, 0.3) is 0 Å². The summed E-state index contributed by atoms with van der Waals surface area (Å²) in [6.07, 6.45) is 2.67. The van der Waals surface area contributed by atoms with Gasteiger partial charge in [0, 0.05) is 13.3 Å². The van der Waals surface area contributed by atoms with Crippen molar-refractivity contribution in [1.29, 1.82) is 0 Å². The van der Waals surface area contributed by atoms with E-state index >= 15 is 0 Å². The van der Waals surface area contributed by atoms with Crippen LogP contribution in [0.3, 0.4) is 0 Å². The maximum Gasteiger partial charge on any atom is 0.157 e. The van der Waals surface area contributed by atoms with Gasteiger partial charge >= 0.3 is 0 Å². The summed E-state index contributed by atoms with van der Waals surface area (Å²) in [7, 11) is -1.35. The fraction of sp³-hybridized carbons (Fsp3) is 0.667. The third-order valence-electron chi connectivity index (χ3n) is 1.75. The van der Waals surface area contributed by atoms with Crippen LogP contribution in [0, 0.1) is 0 Å². The van der Waals surface area contributed by atoms with Crippen molar-refractivity contribution in [3.05, 3.63) is 12.2 Å². The molecule has 1 atom stereocenters. The van der Waals surface area contributed by atoms with Crippen LogP contribution < -0.4 is 0 Å². The lowest BCUT2D eigenvalue weighted by atomic mass is 10.4. The largest absolute Gasteiger partial charge is 0.320 e. The van der Waals surface area contributed by atoms with E-state index in [0.29, 0.717) is 5.82 Å². The maximum atomic E-state index is 11.1. The summed E-state index contributed by atoms with van der Waals surface area (Å²) in [5.41, 5.74) is 0. The number of hydrogen-bond donors (Lipinski definition) is 0. The zero-order valence-electron chi connectivity index (χ0n) is 7.22. The van der Waals surface area contributed by atoms with E-state index in [-0.39, 0.29) is 0 Å². The highest BCUT2D eigenvalue weighted by Crippen LogP contribution is 2.16. The van der Waals surface area contributed by atoms with Crippen LogP contribution in [0.1, 0.15) is 18.0 Å². The molecule has 0 aromatic carbocycles. The minimum atomic E-state index is -3.07. The van der Waals surface area contributed by atoms with Gasteiger partial charge in [-0.15, -0.1) is 10.2 Å². The first-order chi connectivity index (χ1) is 5.43. The lowest BCUT2D eigenvalue weighted by molar-refractivity contribution is 0.586. The Morgan fingerprint density at radius 3 is 2.50 bits per heavy atom. The average Bonchev–Trinajstić information content (AvgIpc) is 2.31. The Kier molecular flexibility index (Phi) is 2.18. The second kappa shape index (κ2) is 2.85. The van der Waals surface area contributed by atoms with Crippen molar-refractivity contribution >= 4 is 9.84 Å². The summed E-state index contributed by atoms with van der Waals surface area (Å²) in [6, 6.07) is 0. The summed E-state index contributed by atoms with van der Waals surface area (Å²) in [6.45, 7) is 1.60. The summed E-state index contributed by atoms with van der Waals surface area (Å²) < 4.78 is 23.8. The molecule has 0 aliphatic rings. The second-order valence-electron chi connectivity index (χ2n) is 2.77. The summed E-state index contributed by atoms with van der Waals surface area (Å²) in [5.74, 6) is 0.470. The SMILES string of the molecule is CC(c1nncn1C)S(C)(=O)=O. The fourth-order valence-corrected chi connectivity index (χ4v) is 1.45. The minimum absolute atomic E-state index is 0.470. The minimum Gasteiger partial charge on any atom is -0.320 e. The molecule has 68 valence electrons. The molecule has 12 heavy (non-hydrogen) atoms. The fourth-order valence-electron chi connectivity index (χ4n) is 0.852. The standard InChI is InChI=1S/C6H11N3O2S/c1-5(12(3,10)11)6-8-7-4-9(6)2/h4-5H,1-3H3. The lowest BCUT2D eigenvalue weighted by Gasteiger charge is -2.06. The molecular formula is C6H11N3O2S. The molecule has 0 bridgehead atoms. The van der Waals surface area contributed by atoms with Crippen molar-refractivity contribution < 1.29 is 8.42 Å². The van der Waals surface area contributed by atoms with Crippen molar-refractivity contribution in [2.45, 2.75) is 12.2 Å². The van der Waals surface area contributed by atoms with Gasteiger partial charge in [0.15, 0.2) is 15.7 Å². The molecule has 1 aromatic rings. The van der Waals surface area contributed by atoms with E-state index in [9.17, 15) is 8.42 Å². The first-order valence-electron chi connectivity index (χ1n) is 3.45. The van der Waals surface area contributed by atoms with E-state index in [4.69, 9.17) is 0 Å². The van der Waals surface area contributed by atoms with Gasteiger partial charge in [-0.1, -0.05) is 0 Å². The van der Waals surface area contributed by atoms with E-state index in [1.165, 1.54) is 12.6 Å². The van der Waals surface area contributed by atoms with Gasteiger partial charge in [-0.25, -0.2) is 8.42 Å². The highest BCUT2D eigenvalue weighted by atomic mass is 32.2. The maximum absolute atomic E-state index is 11.1. The zero-order valence-corrected chi connectivity index (χ0v) is 8.04. The quantitative estimate of drug-likeness (QED) is 0.652. The van der Waals surface area contributed by atoms with Gasteiger partial charge in [0.2, 0.25) is 0 Å². The van der Waals surface area contributed by atoms with Crippen molar-refractivity contribution in [3.63, 3.8) is 0 Å². The van der Waals surface area contributed by atoms with Crippen LogP contribution in [0.15, 0.2) is 6.33 Å². The van der Waals surface area contributed by atoms with Gasteiger partial charge in [0.1, 0.15) is 11.6 Å².